The van der Waals surface area contributed by atoms with Gasteiger partial charge < -0.3 is 19.8 Å². The van der Waals surface area contributed by atoms with Gasteiger partial charge in [-0.15, -0.1) is 0 Å². The number of H-pyrrole nitrogens is 1. The van der Waals surface area contributed by atoms with Gasteiger partial charge in [0.15, 0.2) is 0 Å². The lowest BCUT2D eigenvalue weighted by Crippen LogP contribution is -2.44. The number of carbonyl (C=O) groups excluding carboxylic acids is 3. The number of aromatic amines is 1. The molecule has 3 N–H and O–H groups in total. The first kappa shape index (κ1) is 24.7. The molecule has 2 aromatic heterocycles. The van der Waals surface area contributed by atoms with E-state index in [0.717, 1.165) is 5.56 Å². The fourth-order valence-electron chi connectivity index (χ4n) is 4.51. The van der Waals surface area contributed by atoms with E-state index in [1.54, 1.807) is 12.1 Å². The van der Waals surface area contributed by atoms with Crippen molar-refractivity contribution in [2.45, 2.75) is 51.6 Å². The van der Waals surface area contributed by atoms with Crippen molar-refractivity contribution in [3.8, 4) is 22.7 Å². The number of esters is 1. The molecule has 10 heteroatoms. The van der Waals surface area contributed by atoms with Crippen LogP contribution in [0.5, 0.6) is 0 Å². The molecule has 0 radical (unpaired) electrons. The topological polar surface area (TPSA) is 139 Å². The highest BCUT2D eigenvalue weighted by atomic mass is 16.5. The molecule has 0 spiro atoms. The van der Waals surface area contributed by atoms with E-state index < -0.39 is 17.9 Å². The quantitative estimate of drug-likeness (QED) is 0.358. The highest BCUT2D eigenvalue weighted by molar-refractivity contribution is 5.95. The van der Waals surface area contributed by atoms with E-state index in [1.165, 1.54) is 39.0 Å². The number of nitrogens with zero attached hydrogens (tertiary/aromatic N) is 2. The predicted octanol–water partition coefficient (Wildman–Crippen LogP) is 3.58. The van der Waals surface area contributed by atoms with Crippen molar-refractivity contribution in [2.24, 2.45) is 17.8 Å². The van der Waals surface area contributed by atoms with E-state index in [4.69, 9.17) is 9.15 Å². The van der Waals surface area contributed by atoms with Crippen molar-refractivity contribution in [3.05, 3.63) is 48.0 Å². The Morgan fingerprint density at radius 3 is 2.38 bits per heavy atom. The summed E-state index contributed by atoms with van der Waals surface area (Å²) in [5.41, 5.74) is 2.45. The Morgan fingerprint density at radius 2 is 1.73 bits per heavy atom. The van der Waals surface area contributed by atoms with Crippen molar-refractivity contribution < 1.29 is 23.5 Å². The Hall–Kier alpha value is -3.95. The van der Waals surface area contributed by atoms with Crippen LogP contribution >= 0.6 is 0 Å². The van der Waals surface area contributed by atoms with Gasteiger partial charge in [0.05, 0.1) is 19.0 Å². The Bertz CT molecular complexity index is 1290. The smallest absolute Gasteiger partial charge is 0.328 e. The number of rotatable bonds is 10. The normalized spacial score (nSPS) is 16.0. The number of nitrogens with one attached hydrogen (secondary N) is 3. The fourth-order valence-corrected chi connectivity index (χ4v) is 4.51. The van der Waals surface area contributed by atoms with Gasteiger partial charge in [0.25, 0.3) is 11.8 Å². The minimum atomic E-state index is -0.802. The molecule has 37 heavy (non-hydrogen) atoms. The zero-order valence-corrected chi connectivity index (χ0v) is 21.1. The number of hydrogen-bond donors (Lipinski definition) is 3. The molecule has 5 rings (SSSR count). The van der Waals surface area contributed by atoms with Crippen molar-refractivity contribution in [3.63, 3.8) is 0 Å². The van der Waals surface area contributed by atoms with Gasteiger partial charge in [-0.2, -0.15) is 5.10 Å². The van der Waals surface area contributed by atoms with Crippen LogP contribution in [0.25, 0.3) is 22.7 Å². The van der Waals surface area contributed by atoms with Gasteiger partial charge >= 0.3 is 5.97 Å². The van der Waals surface area contributed by atoms with Crippen LogP contribution < -0.4 is 10.6 Å². The molecule has 2 heterocycles. The Kier molecular flexibility index (Phi) is 6.82. The van der Waals surface area contributed by atoms with E-state index >= 15 is 0 Å². The SMILES string of the molecule is COC(=O)[C@@H](NC(=O)c1cnc(-c2cccc(-c3cc(C(=O)NC(C4CC4)C4CC4)[nH]n3)c2)o1)C(C)C. The highest BCUT2D eigenvalue weighted by Gasteiger charge is 2.42. The van der Waals surface area contributed by atoms with Crippen LogP contribution in [0.2, 0.25) is 0 Å². The highest BCUT2D eigenvalue weighted by Crippen LogP contribution is 2.44. The minimum Gasteiger partial charge on any atom is -0.467 e. The summed E-state index contributed by atoms with van der Waals surface area (Å²) >= 11 is 0. The zero-order valence-electron chi connectivity index (χ0n) is 21.1. The number of aromatic nitrogens is 3. The molecule has 2 fully saturated rings. The first-order chi connectivity index (χ1) is 17.8. The molecule has 2 saturated carbocycles. The Balaban J connectivity index is 1.28. The summed E-state index contributed by atoms with van der Waals surface area (Å²) in [4.78, 5) is 41.7. The van der Waals surface area contributed by atoms with Crippen molar-refractivity contribution in [1.82, 2.24) is 25.8 Å². The molecule has 10 nitrogen and oxygen atoms in total. The number of amides is 2. The third-order valence-corrected chi connectivity index (χ3v) is 6.92. The van der Waals surface area contributed by atoms with Crippen LogP contribution in [-0.4, -0.2) is 52.2 Å². The number of oxazole rings is 1. The third-order valence-electron chi connectivity index (χ3n) is 6.92. The van der Waals surface area contributed by atoms with Gasteiger partial charge in [-0.1, -0.05) is 26.0 Å². The molecule has 2 amide bonds. The Labute approximate surface area is 214 Å². The van der Waals surface area contributed by atoms with E-state index in [1.807, 2.05) is 32.0 Å². The van der Waals surface area contributed by atoms with Crippen molar-refractivity contribution in [2.75, 3.05) is 7.11 Å². The third kappa shape index (κ3) is 5.58. The molecule has 0 saturated heterocycles. The number of carbonyl (C=O) groups is 3. The van der Waals surface area contributed by atoms with Crippen LogP contribution in [0.3, 0.4) is 0 Å². The van der Waals surface area contributed by atoms with Gasteiger partial charge in [-0.25, -0.2) is 9.78 Å². The van der Waals surface area contributed by atoms with E-state index in [-0.39, 0.29) is 29.5 Å². The monoisotopic (exact) mass is 505 g/mol. The second-order valence-electron chi connectivity index (χ2n) is 10.2. The number of ether oxygens (including phenoxy) is 1. The first-order valence-electron chi connectivity index (χ1n) is 12.7. The van der Waals surface area contributed by atoms with Crippen LogP contribution in [-0.2, 0) is 9.53 Å². The summed E-state index contributed by atoms with van der Waals surface area (Å²) in [7, 11) is 1.28. The van der Waals surface area contributed by atoms with Crippen LogP contribution in [0.4, 0.5) is 0 Å². The maximum atomic E-state index is 12.8. The largest absolute Gasteiger partial charge is 0.467 e. The standard InChI is InChI=1S/C27H31N5O5/c1-14(2)22(27(35)36-3)29-25(34)21-13-28-26(37-21)18-6-4-5-17(11-18)19-12-20(32-31-19)24(33)30-23(15-7-8-15)16-9-10-16/h4-6,11-16,22-23H,7-10H2,1-3H3,(H,29,34)(H,30,33)(H,31,32)/t22-/m0/s1. The van der Waals surface area contributed by atoms with E-state index in [0.29, 0.717) is 28.8 Å². The molecular formula is C27H31N5O5. The molecule has 194 valence electrons. The lowest BCUT2D eigenvalue weighted by molar-refractivity contribution is -0.144. The lowest BCUT2D eigenvalue weighted by Gasteiger charge is -2.18. The van der Waals surface area contributed by atoms with Gasteiger partial charge in [-0.05, 0) is 61.6 Å². The average Bonchev–Trinajstić information content (AvgIpc) is 3.82. The summed E-state index contributed by atoms with van der Waals surface area (Å²) < 4.78 is 10.5. The molecule has 0 aliphatic heterocycles. The second kappa shape index (κ2) is 10.2. The zero-order chi connectivity index (χ0) is 26.1. The second-order valence-corrected chi connectivity index (χ2v) is 10.2. The first-order valence-corrected chi connectivity index (χ1v) is 12.7. The van der Waals surface area contributed by atoms with Crippen LogP contribution in [0.1, 0.15) is 60.6 Å². The van der Waals surface area contributed by atoms with Gasteiger partial charge in [0, 0.05) is 17.2 Å². The molecule has 3 aromatic rings. The minimum absolute atomic E-state index is 0.0189. The summed E-state index contributed by atoms with van der Waals surface area (Å²) in [6.07, 6.45) is 6.08. The van der Waals surface area contributed by atoms with Crippen LogP contribution in [0.15, 0.2) is 40.9 Å². The predicted molar refractivity (Wildman–Crippen MR) is 134 cm³/mol. The number of hydrogen-bond acceptors (Lipinski definition) is 7. The lowest BCUT2D eigenvalue weighted by atomic mass is 10.0. The number of benzene rings is 1. The summed E-state index contributed by atoms with van der Waals surface area (Å²) in [6.45, 7) is 3.61. The maximum absolute atomic E-state index is 12.8. The van der Waals surface area contributed by atoms with E-state index in [9.17, 15) is 14.4 Å². The summed E-state index contributed by atoms with van der Waals surface area (Å²) in [5.74, 6) is 0.0698. The molecule has 1 aromatic carbocycles. The molecular weight excluding hydrogens is 474 g/mol. The fraction of sp³-hybridized carbons (Fsp3) is 0.444. The van der Waals surface area contributed by atoms with E-state index in [2.05, 4.69) is 25.8 Å². The molecule has 0 unspecified atom stereocenters. The Morgan fingerprint density at radius 1 is 1.03 bits per heavy atom. The summed E-state index contributed by atoms with van der Waals surface area (Å²) in [6, 6.07) is 8.53. The number of methoxy groups -OCH3 is 1. The average molecular weight is 506 g/mol. The van der Waals surface area contributed by atoms with Crippen molar-refractivity contribution >= 4 is 17.8 Å². The van der Waals surface area contributed by atoms with Gasteiger partial charge in [0.2, 0.25) is 11.7 Å². The molecule has 2 aliphatic carbocycles. The van der Waals surface area contributed by atoms with Crippen molar-refractivity contribution in [1.29, 1.82) is 0 Å². The van der Waals surface area contributed by atoms with Crippen LogP contribution in [0, 0.1) is 17.8 Å². The molecule has 2 aliphatic rings. The van der Waals surface area contributed by atoms with Gasteiger partial charge in [0.1, 0.15) is 11.7 Å². The maximum Gasteiger partial charge on any atom is 0.328 e. The summed E-state index contributed by atoms with van der Waals surface area (Å²) in [5, 5.41) is 13.0. The molecule has 0 bridgehead atoms. The molecule has 1 atom stereocenters. The van der Waals surface area contributed by atoms with Gasteiger partial charge in [-0.3, -0.25) is 14.7 Å².